The molecule has 0 spiro atoms. The summed E-state index contributed by atoms with van der Waals surface area (Å²) in [5, 5.41) is 3.32. The lowest BCUT2D eigenvalue weighted by Crippen LogP contribution is -2.53. The van der Waals surface area contributed by atoms with Crippen molar-refractivity contribution in [1.29, 1.82) is 0 Å². The molecule has 0 saturated heterocycles. The zero-order chi connectivity index (χ0) is 14.3. The maximum atomic E-state index is 12.8. The van der Waals surface area contributed by atoms with Crippen LogP contribution in [0.4, 0.5) is 0 Å². The van der Waals surface area contributed by atoms with E-state index in [0.717, 1.165) is 30.2 Å². The molecule has 1 N–H and O–H groups in total. The summed E-state index contributed by atoms with van der Waals surface area (Å²) < 4.78 is 0. The third-order valence-electron chi connectivity index (χ3n) is 7.07. The Morgan fingerprint density at radius 2 is 1.52 bits per heavy atom. The lowest BCUT2D eigenvalue weighted by molar-refractivity contribution is -0.146. The standard InChI is InChI=1S/C19H31NO/c21-18(20-7-3-6-14-4-1-2-5-14)19-11-15-8-16(12-19)10-17(9-15)13-19/h14-17H,1-13H2,(H,20,21). The highest BCUT2D eigenvalue weighted by atomic mass is 16.2. The van der Waals surface area contributed by atoms with Crippen molar-refractivity contribution in [2.45, 2.75) is 77.0 Å². The molecule has 0 aromatic heterocycles. The normalized spacial score (nSPS) is 41.6. The van der Waals surface area contributed by atoms with Gasteiger partial charge in [-0.25, -0.2) is 0 Å². The van der Waals surface area contributed by atoms with Gasteiger partial charge in [-0.1, -0.05) is 25.7 Å². The van der Waals surface area contributed by atoms with Gasteiger partial charge in [0, 0.05) is 12.0 Å². The predicted octanol–water partition coefficient (Wildman–Crippen LogP) is 4.29. The minimum atomic E-state index is 0.0576. The third kappa shape index (κ3) is 2.75. The first-order valence-electron chi connectivity index (χ1n) is 9.52. The predicted molar refractivity (Wildman–Crippen MR) is 84.8 cm³/mol. The molecule has 0 unspecified atom stereocenters. The van der Waals surface area contributed by atoms with Crippen molar-refractivity contribution in [3.05, 3.63) is 0 Å². The molecule has 0 atom stereocenters. The minimum absolute atomic E-state index is 0.0576. The number of rotatable bonds is 5. The van der Waals surface area contributed by atoms with Crippen LogP contribution in [0.5, 0.6) is 0 Å². The number of nitrogens with one attached hydrogen (secondary N) is 1. The second-order valence-corrected chi connectivity index (χ2v) is 8.75. The fraction of sp³-hybridized carbons (Fsp3) is 0.947. The van der Waals surface area contributed by atoms with Crippen LogP contribution in [0.2, 0.25) is 0 Å². The molecule has 5 aliphatic carbocycles. The Labute approximate surface area is 129 Å². The average molecular weight is 289 g/mol. The van der Waals surface area contributed by atoms with E-state index in [9.17, 15) is 4.79 Å². The van der Waals surface area contributed by atoms with Crippen LogP contribution in [0, 0.1) is 29.1 Å². The lowest BCUT2D eigenvalue weighted by Gasteiger charge is -2.55. The van der Waals surface area contributed by atoms with E-state index >= 15 is 0 Å². The molecule has 118 valence electrons. The maximum absolute atomic E-state index is 12.8. The molecule has 1 amide bonds. The van der Waals surface area contributed by atoms with E-state index < -0.39 is 0 Å². The quantitative estimate of drug-likeness (QED) is 0.752. The fourth-order valence-corrected chi connectivity index (χ4v) is 6.47. The number of hydrogen-bond donors (Lipinski definition) is 1. The summed E-state index contributed by atoms with van der Waals surface area (Å²) in [6.45, 7) is 0.928. The van der Waals surface area contributed by atoms with Crippen molar-refractivity contribution < 1.29 is 4.79 Å². The molecule has 0 aromatic carbocycles. The molecule has 0 heterocycles. The van der Waals surface area contributed by atoms with Crippen molar-refractivity contribution in [2.24, 2.45) is 29.1 Å². The Kier molecular flexibility index (Phi) is 3.75. The zero-order valence-electron chi connectivity index (χ0n) is 13.4. The topological polar surface area (TPSA) is 29.1 Å². The summed E-state index contributed by atoms with van der Waals surface area (Å²) >= 11 is 0. The van der Waals surface area contributed by atoms with Crippen molar-refractivity contribution >= 4 is 5.91 Å². The molecule has 0 aliphatic heterocycles. The third-order valence-corrected chi connectivity index (χ3v) is 7.07. The van der Waals surface area contributed by atoms with Gasteiger partial charge in [0.25, 0.3) is 0 Å². The number of carbonyl (C=O) groups is 1. The number of hydrogen-bond acceptors (Lipinski definition) is 1. The molecule has 0 radical (unpaired) electrons. The van der Waals surface area contributed by atoms with E-state index in [4.69, 9.17) is 0 Å². The van der Waals surface area contributed by atoms with E-state index in [0.29, 0.717) is 5.91 Å². The SMILES string of the molecule is O=C(NCCCC1CCCC1)C12CC3CC(CC(C3)C1)C2. The van der Waals surface area contributed by atoms with Crippen LogP contribution in [0.15, 0.2) is 0 Å². The molecule has 5 aliphatic rings. The molecule has 4 bridgehead atoms. The summed E-state index contributed by atoms with van der Waals surface area (Å²) in [4.78, 5) is 12.8. The summed E-state index contributed by atoms with van der Waals surface area (Å²) in [5.41, 5.74) is 0.0576. The Balaban J connectivity index is 1.27. The number of amides is 1. The summed E-state index contributed by atoms with van der Waals surface area (Å²) in [5.74, 6) is 4.01. The molecule has 2 heteroatoms. The van der Waals surface area contributed by atoms with E-state index in [-0.39, 0.29) is 5.41 Å². The van der Waals surface area contributed by atoms with Crippen LogP contribution in [-0.4, -0.2) is 12.5 Å². The molecule has 5 rings (SSSR count). The van der Waals surface area contributed by atoms with Crippen LogP contribution in [-0.2, 0) is 4.79 Å². The maximum Gasteiger partial charge on any atom is 0.226 e. The van der Waals surface area contributed by atoms with E-state index in [1.807, 2.05) is 0 Å². The van der Waals surface area contributed by atoms with Gasteiger partial charge in [0.1, 0.15) is 0 Å². The van der Waals surface area contributed by atoms with Crippen molar-refractivity contribution in [3.8, 4) is 0 Å². The molecule has 21 heavy (non-hydrogen) atoms. The first-order chi connectivity index (χ1) is 10.2. The zero-order valence-corrected chi connectivity index (χ0v) is 13.4. The van der Waals surface area contributed by atoms with Gasteiger partial charge in [0.05, 0.1) is 0 Å². The summed E-state index contributed by atoms with van der Waals surface area (Å²) in [6, 6.07) is 0. The highest BCUT2D eigenvalue weighted by molar-refractivity contribution is 5.83. The van der Waals surface area contributed by atoms with Gasteiger partial charge in [-0.15, -0.1) is 0 Å². The van der Waals surface area contributed by atoms with Crippen LogP contribution >= 0.6 is 0 Å². The van der Waals surface area contributed by atoms with Crippen LogP contribution < -0.4 is 5.32 Å². The van der Waals surface area contributed by atoms with Gasteiger partial charge in [-0.2, -0.15) is 0 Å². The molecule has 5 saturated carbocycles. The van der Waals surface area contributed by atoms with Crippen molar-refractivity contribution in [3.63, 3.8) is 0 Å². The van der Waals surface area contributed by atoms with Gasteiger partial charge in [0.2, 0.25) is 5.91 Å². The van der Waals surface area contributed by atoms with E-state index in [2.05, 4.69) is 5.32 Å². The molecular weight excluding hydrogens is 258 g/mol. The molecule has 0 aromatic rings. The van der Waals surface area contributed by atoms with Crippen LogP contribution in [0.25, 0.3) is 0 Å². The largest absolute Gasteiger partial charge is 0.356 e. The Hall–Kier alpha value is -0.530. The van der Waals surface area contributed by atoms with Gasteiger partial charge in [0.15, 0.2) is 0 Å². The average Bonchev–Trinajstić information content (AvgIpc) is 2.95. The lowest BCUT2D eigenvalue weighted by atomic mass is 9.49. The highest BCUT2D eigenvalue weighted by Gasteiger charge is 2.54. The summed E-state index contributed by atoms with van der Waals surface area (Å²) in [6.07, 6.45) is 16.1. The Bertz CT molecular complexity index is 361. The first kappa shape index (κ1) is 14.1. The van der Waals surface area contributed by atoms with Crippen molar-refractivity contribution in [1.82, 2.24) is 5.32 Å². The first-order valence-corrected chi connectivity index (χ1v) is 9.52. The summed E-state index contributed by atoms with van der Waals surface area (Å²) in [7, 11) is 0. The minimum Gasteiger partial charge on any atom is -0.356 e. The second kappa shape index (κ2) is 5.59. The molecule has 5 fully saturated rings. The van der Waals surface area contributed by atoms with Gasteiger partial charge >= 0.3 is 0 Å². The van der Waals surface area contributed by atoms with Gasteiger partial charge in [-0.05, 0) is 75.0 Å². The monoisotopic (exact) mass is 289 g/mol. The second-order valence-electron chi connectivity index (χ2n) is 8.75. The van der Waals surface area contributed by atoms with Crippen LogP contribution in [0.3, 0.4) is 0 Å². The van der Waals surface area contributed by atoms with E-state index in [1.165, 1.54) is 77.0 Å². The Morgan fingerprint density at radius 3 is 2.10 bits per heavy atom. The molecular formula is C19H31NO. The van der Waals surface area contributed by atoms with E-state index in [1.54, 1.807) is 0 Å². The van der Waals surface area contributed by atoms with Gasteiger partial charge in [-0.3, -0.25) is 4.79 Å². The number of carbonyl (C=O) groups excluding carboxylic acids is 1. The van der Waals surface area contributed by atoms with Crippen LogP contribution in [0.1, 0.15) is 77.0 Å². The highest BCUT2D eigenvalue weighted by Crippen LogP contribution is 2.60. The van der Waals surface area contributed by atoms with Crippen molar-refractivity contribution in [2.75, 3.05) is 6.54 Å². The fourth-order valence-electron chi connectivity index (χ4n) is 6.47. The van der Waals surface area contributed by atoms with Gasteiger partial charge < -0.3 is 5.32 Å². The Morgan fingerprint density at radius 1 is 0.952 bits per heavy atom. The smallest absolute Gasteiger partial charge is 0.226 e. The molecule has 2 nitrogen and oxygen atoms in total.